The lowest BCUT2D eigenvalue weighted by atomic mass is 10.0. The molecule has 1 aliphatic heterocycles. The molecule has 19 heavy (non-hydrogen) atoms. The molecule has 0 aliphatic carbocycles. The first-order chi connectivity index (χ1) is 9.13. The number of hydrogen-bond acceptors (Lipinski definition) is 1. The summed E-state index contributed by atoms with van der Waals surface area (Å²) in [6.45, 7) is 5.64. The van der Waals surface area contributed by atoms with Crippen LogP contribution in [0.2, 0.25) is 5.02 Å². The molecule has 1 aliphatic rings. The van der Waals surface area contributed by atoms with Crippen molar-refractivity contribution in [2.24, 2.45) is 5.92 Å². The third-order valence-corrected chi connectivity index (χ3v) is 3.95. The summed E-state index contributed by atoms with van der Waals surface area (Å²) in [5, 5.41) is 3.59. The standard InChI is InChI=1S/C15H21ClN2O/c1-12-3-2-9-18(11-12)10-8-15(19)17-14-6-4-13(16)5-7-14/h4-7,12H,2-3,8-11H2,1H3,(H,17,19)/p+1/t12-/m1/s1. The Morgan fingerprint density at radius 1 is 1.42 bits per heavy atom. The van der Waals surface area contributed by atoms with Gasteiger partial charge in [0.2, 0.25) is 5.91 Å². The highest BCUT2D eigenvalue weighted by atomic mass is 35.5. The maximum Gasteiger partial charge on any atom is 0.230 e. The average molecular weight is 282 g/mol. The molecule has 4 heteroatoms. The maximum atomic E-state index is 11.9. The second-order valence-corrected chi connectivity index (χ2v) is 5.94. The number of quaternary nitrogens is 1. The Hall–Kier alpha value is -1.06. The zero-order chi connectivity index (χ0) is 13.7. The van der Waals surface area contributed by atoms with Gasteiger partial charge in [0.15, 0.2) is 0 Å². The molecule has 1 heterocycles. The second kappa shape index (κ2) is 6.92. The summed E-state index contributed by atoms with van der Waals surface area (Å²) in [4.78, 5) is 13.4. The van der Waals surface area contributed by atoms with Crippen molar-refractivity contribution >= 4 is 23.2 Å². The molecule has 0 aromatic heterocycles. The van der Waals surface area contributed by atoms with Crippen LogP contribution in [0.4, 0.5) is 5.69 Å². The van der Waals surface area contributed by atoms with E-state index >= 15 is 0 Å². The Kier molecular flexibility index (Phi) is 5.23. The second-order valence-electron chi connectivity index (χ2n) is 5.51. The lowest BCUT2D eigenvalue weighted by molar-refractivity contribution is -0.907. The number of halogens is 1. The van der Waals surface area contributed by atoms with Crippen LogP contribution in [0, 0.1) is 5.92 Å². The number of carbonyl (C=O) groups is 1. The Labute approximate surface area is 119 Å². The van der Waals surface area contributed by atoms with Crippen molar-refractivity contribution < 1.29 is 9.69 Å². The molecule has 2 N–H and O–H groups in total. The minimum atomic E-state index is 0.0908. The molecule has 1 amide bonds. The lowest BCUT2D eigenvalue weighted by Gasteiger charge is -2.27. The van der Waals surface area contributed by atoms with Crippen LogP contribution >= 0.6 is 11.6 Å². The van der Waals surface area contributed by atoms with Crippen LogP contribution in [0.25, 0.3) is 0 Å². The van der Waals surface area contributed by atoms with Gasteiger partial charge in [-0.25, -0.2) is 0 Å². The molecule has 2 rings (SSSR count). The fourth-order valence-electron chi connectivity index (χ4n) is 2.67. The molecule has 1 unspecified atom stereocenters. The number of carbonyl (C=O) groups excluding carboxylic acids is 1. The number of anilines is 1. The monoisotopic (exact) mass is 281 g/mol. The van der Waals surface area contributed by atoms with Crippen LogP contribution in [-0.2, 0) is 4.79 Å². The van der Waals surface area contributed by atoms with E-state index in [9.17, 15) is 4.79 Å². The van der Waals surface area contributed by atoms with Crippen molar-refractivity contribution in [1.82, 2.24) is 0 Å². The minimum Gasteiger partial charge on any atom is -0.334 e. The Bertz CT molecular complexity index is 419. The van der Waals surface area contributed by atoms with E-state index in [0.717, 1.165) is 18.2 Å². The van der Waals surface area contributed by atoms with E-state index in [2.05, 4.69) is 12.2 Å². The first-order valence-electron chi connectivity index (χ1n) is 7.02. The average Bonchev–Trinajstić information content (AvgIpc) is 2.39. The number of hydrogen-bond donors (Lipinski definition) is 2. The number of likely N-dealkylation sites (tertiary alicyclic amines) is 1. The number of rotatable bonds is 4. The van der Waals surface area contributed by atoms with Crippen molar-refractivity contribution in [3.63, 3.8) is 0 Å². The number of nitrogens with one attached hydrogen (secondary N) is 2. The van der Waals surface area contributed by atoms with E-state index in [4.69, 9.17) is 11.6 Å². The predicted molar refractivity (Wildman–Crippen MR) is 78.7 cm³/mol. The van der Waals surface area contributed by atoms with Crippen molar-refractivity contribution in [3.05, 3.63) is 29.3 Å². The number of benzene rings is 1. The summed E-state index contributed by atoms with van der Waals surface area (Å²) < 4.78 is 0. The highest BCUT2D eigenvalue weighted by Crippen LogP contribution is 2.13. The highest BCUT2D eigenvalue weighted by Gasteiger charge is 2.20. The molecular formula is C15H22ClN2O+. The number of piperidine rings is 1. The first kappa shape index (κ1) is 14.4. The van der Waals surface area contributed by atoms with Crippen molar-refractivity contribution in [2.45, 2.75) is 26.2 Å². The van der Waals surface area contributed by atoms with Gasteiger partial charge in [0.05, 0.1) is 26.1 Å². The minimum absolute atomic E-state index is 0.0908. The molecule has 104 valence electrons. The van der Waals surface area contributed by atoms with Gasteiger partial charge in [0.1, 0.15) is 0 Å². The number of amides is 1. The van der Waals surface area contributed by atoms with Gasteiger partial charge < -0.3 is 10.2 Å². The third kappa shape index (κ3) is 4.84. The third-order valence-electron chi connectivity index (χ3n) is 3.70. The van der Waals surface area contributed by atoms with E-state index < -0.39 is 0 Å². The van der Waals surface area contributed by atoms with Crippen LogP contribution < -0.4 is 10.2 Å². The molecule has 1 saturated heterocycles. The van der Waals surface area contributed by atoms with Gasteiger partial charge >= 0.3 is 0 Å². The van der Waals surface area contributed by atoms with Gasteiger partial charge in [-0.3, -0.25) is 4.79 Å². The summed E-state index contributed by atoms with van der Waals surface area (Å²) in [6.07, 6.45) is 3.21. The van der Waals surface area contributed by atoms with Gasteiger partial charge in [-0.2, -0.15) is 0 Å². The van der Waals surface area contributed by atoms with Crippen LogP contribution in [0.15, 0.2) is 24.3 Å². The normalized spacial score (nSPS) is 23.1. The van der Waals surface area contributed by atoms with Crippen molar-refractivity contribution in [1.29, 1.82) is 0 Å². The molecule has 0 radical (unpaired) electrons. The van der Waals surface area contributed by atoms with Crippen LogP contribution in [0.1, 0.15) is 26.2 Å². The van der Waals surface area contributed by atoms with E-state index in [1.807, 2.05) is 12.1 Å². The van der Waals surface area contributed by atoms with Gasteiger partial charge in [-0.1, -0.05) is 18.5 Å². The molecule has 0 saturated carbocycles. The molecular weight excluding hydrogens is 260 g/mol. The molecule has 0 bridgehead atoms. The van der Waals surface area contributed by atoms with Crippen molar-refractivity contribution in [2.75, 3.05) is 25.0 Å². The van der Waals surface area contributed by atoms with Gasteiger partial charge in [-0.05, 0) is 37.1 Å². The van der Waals surface area contributed by atoms with Crippen molar-refractivity contribution in [3.8, 4) is 0 Å². The van der Waals surface area contributed by atoms with E-state index in [1.165, 1.54) is 25.9 Å². The largest absolute Gasteiger partial charge is 0.334 e. The Balaban J connectivity index is 1.73. The SMILES string of the molecule is C[C@@H]1CCC[NH+](CCC(=O)Nc2ccc(Cl)cc2)C1. The summed E-state index contributed by atoms with van der Waals surface area (Å²) in [6, 6.07) is 7.23. The van der Waals surface area contributed by atoms with Gasteiger partial charge in [-0.15, -0.1) is 0 Å². The molecule has 0 spiro atoms. The molecule has 2 atom stereocenters. The smallest absolute Gasteiger partial charge is 0.230 e. The van der Waals surface area contributed by atoms with Crippen LogP contribution in [-0.4, -0.2) is 25.5 Å². The molecule has 1 aromatic carbocycles. The summed E-state index contributed by atoms with van der Waals surface area (Å²) in [7, 11) is 0. The predicted octanol–water partition coefficient (Wildman–Crippen LogP) is 1.98. The maximum absolute atomic E-state index is 11.9. The Morgan fingerprint density at radius 2 is 2.16 bits per heavy atom. The summed E-state index contributed by atoms with van der Waals surface area (Å²) >= 11 is 5.81. The fourth-order valence-corrected chi connectivity index (χ4v) is 2.80. The van der Waals surface area contributed by atoms with Crippen LogP contribution in [0.5, 0.6) is 0 Å². The van der Waals surface area contributed by atoms with Crippen LogP contribution in [0.3, 0.4) is 0 Å². The lowest BCUT2D eigenvalue weighted by Crippen LogP contribution is -3.13. The molecule has 1 fully saturated rings. The Morgan fingerprint density at radius 3 is 2.84 bits per heavy atom. The molecule has 3 nitrogen and oxygen atoms in total. The van der Waals surface area contributed by atoms with E-state index in [-0.39, 0.29) is 5.91 Å². The van der Waals surface area contributed by atoms with Gasteiger partial charge in [0, 0.05) is 16.6 Å². The zero-order valence-corrected chi connectivity index (χ0v) is 12.2. The van der Waals surface area contributed by atoms with Gasteiger partial charge in [0.25, 0.3) is 0 Å². The zero-order valence-electron chi connectivity index (χ0n) is 11.4. The first-order valence-corrected chi connectivity index (χ1v) is 7.40. The quantitative estimate of drug-likeness (QED) is 0.869. The molecule has 1 aromatic rings. The topological polar surface area (TPSA) is 33.5 Å². The fraction of sp³-hybridized carbons (Fsp3) is 0.533. The van der Waals surface area contributed by atoms with E-state index in [0.29, 0.717) is 11.4 Å². The summed E-state index contributed by atoms with van der Waals surface area (Å²) in [5.74, 6) is 0.885. The van der Waals surface area contributed by atoms with E-state index in [1.54, 1.807) is 17.0 Å². The highest BCUT2D eigenvalue weighted by molar-refractivity contribution is 6.30. The summed E-state index contributed by atoms with van der Waals surface area (Å²) in [5.41, 5.74) is 0.816.